The third-order valence-corrected chi connectivity index (χ3v) is 5.40. The Balaban J connectivity index is 1.41. The molecule has 3 aromatic rings. The summed E-state index contributed by atoms with van der Waals surface area (Å²) in [5, 5.41) is 4.48. The van der Waals surface area contributed by atoms with Crippen LogP contribution in [-0.2, 0) is 4.79 Å². The van der Waals surface area contributed by atoms with Crippen molar-refractivity contribution in [2.24, 2.45) is 5.92 Å². The summed E-state index contributed by atoms with van der Waals surface area (Å²) in [6.45, 7) is 1.56. The lowest BCUT2D eigenvalue weighted by Gasteiger charge is -2.32. The number of hydrogen-bond donors (Lipinski definition) is 1. The molecule has 2 aromatic carbocycles. The maximum absolute atomic E-state index is 12.7. The summed E-state index contributed by atoms with van der Waals surface area (Å²) in [6, 6.07) is 13.3. The summed E-state index contributed by atoms with van der Waals surface area (Å²) in [5.74, 6) is 1.51. The van der Waals surface area contributed by atoms with Gasteiger partial charge in [-0.1, -0.05) is 23.7 Å². The van der Waals surface area contributed by atoms with E-state index in [9.17, 15) is 4.79 Å². The summed E-state index contributed by atoms with van der Waals surface area (Å²) in [5.41, 5.74) is 1.61. The van der Waals surface area contributed by atoms with Crippen LogP contribution in [0.3, 0.4) is 0 Å². The quantitative estimate of drug-likeness (QED) is 0.717. The van der Waals surface area contributed by atoms with Gasteiger partial charge in [-0.25, -0.2) is 9.97 Å². The molecule has 1 amide bonds. The predicted octanol–water partition coefficient (Wildman–Crippen LogP) is 4.15. The number of hydrogen-bond acceptors (Lipinski definition) is 5. The van der Waals surface area contributed by atoms with Gasteiger partial charge in [0.05, 0.1) is 17.6 Å². The number of aromatic nitrogens is 2. The van der Waals surface area contributed by atoms with Crippen molar-refractivity contribution < 1.29 is 9.53 Å². The van der Waals surface area contributed by atoms with Crippen LogP contribution in [0.25, 0.3) is 10.9 Å². The van der Waals surface area contributed by atoms with E-state index in [0.29, 0.717) is 16.5 Å². The Labute approximate surface area is 168 Å². The molecule has 1 fully saturated rings. The number of nitrogens with one attached hydrogen (secondary N) is 1. The normalized spacial score (nSPS) is 14.9. The Hall–Kier alpha value is -2.86. The van der Waals surface area contributed by atoms with Crippen molar-refractivity contribution in [1.82, 2.24) is 9.97 Å². The average Bonchev–Trinajstić information content (AvgIpc) is 2.73. The van der Waals surface area contributed by atoms with Crippen LogP contribution in [0.2, 0.25) is 5.02 Å². The van der Waals surface area contributed by atoms with Crippen LogP contribution in [0, 0.1) is 5.92 Å². The molecular weight excluding hydrogens is 376 g/mol. The van der Waals surface area contributed by atoms with Crippen LogP contribution in [0.15, 0.2) is 48.8 Å². The summed E-state index contributed by atoms with van der Waals surface area (Å²) in [4.78, 5) is 23.7. The number of anilines is 2. The minimum Gasteiger partial charge on any atom is -0.495 e. The third kappa shape index (κ3) is 3.73. The van der Waals surface area contributed by atoms with E-state index in [4.69, 9.17) is 16.3 Å². The standard InChI is InChI=1S/C21H21ClN4O2/c1-28-19-7-6-15(12-17(19)22)25-21(27)14-8-10-26(11-9-14)20-16-4-2-3-5-18(16)23-13-24-20/h2-7,12-14H,8-11H2,1H3,(H,25,27). The molecule has 1 aliphatic rings. The molecule has 2 heterocycles. The number of fused-ring (bicyclic) bond motifs is 1. The maximum Gasteiger partial charge on any atom is 0.227 e. The van der Waals surface area contributed by atoms with Gasteiger partial charge < -0.3 is 15.0 Å². The van der Waals surface area contributed by atoms with Crippen molar-refractivity contribution >= 4 is 39.9 Å². The first kappa shape index (κ1) is 18.5. The first-order valence-corrected chi connectivity index (χ1v) is 9.62. The van der Waals surface area contributed by atoms with Crippen molar-refractivity contribution in [3.63, 3.8) is 0 Å². The number of nitrogens with zero attached hydrogens (tertiary/aromatic N) is 3. The molecule has 0 saturated carbocycles. The van der Waals surface area contributed by atoms with Crippen LogP contribution >= 0.6 is 11.6 Å². The molecule has 4 rings (SSSR count). The van der Waals surface area contributed by atoms with Crippen molar-refractivity contribution in [1.29, 1.82) is 0 Å². The van der Waals surface area contributed by atoms with Crippen molar-refractivity contribution in [2.75, 3.05) is 30.4 Å². The Morgan fingerprint density at radius 3 is 2.71 bits per heavy atom. The number of ether oxygens (including phenoxy) is 1. The zero-order valence-electron chi connectivity index (χ0n) is 15.6. The molecule has 28 heavy (non-hydrogen) atoms. The predicted molar refractivity (Wildman–Crippen MR) is 111 cm³/mol. The number of para-hydroxylation sites is 1. The zero-order valence-corrected chi connectivity index (χ0v) is 16.3. The van der Waals surface area contributed by atoms with Gasteiger partial charge in [0.15, 0.2) is 0 Å². The van der Waals surface area contributed by atoms with Crippen LogP contribution in [0.5, 0.6) is 5.75 Å². The third-order valence-electron chi connectivity index (χ3n) is 5.11. The highest BCUT2D eigenvalue weighted by Gasteiger charge is 2.26. The van der Waals surface area contributed by atoms with Gasteiger partial charge in [0, 0.05) is 30.1 Å². The number of benzene rings is 2. The van der Waals surface area contributed by atoms with Gasteiger partial charge in [-0.15, -0.1) is 0 Å². The Kier molecular flexibility index (Phi) is 5.30. The zero-order chi connectivity index (χ0) is 19.5. The maximum atomic E-state index is 12.7. The monoisotopic (exact) mass is 396 g/mol. The molecule has 0 bridgehead atoms. The highest BCUT2D eigenvalue weighted by molar-refractivity contribution is 6.32. The van der Waals surface area contributed by atoms with Gasteiger partial charge in [-0.3, -0.25) is 4.79 Å². The van der Waals surface area contributed by atoms with Gasteiger partial charge in [-0.2, -0.15) is 0 Å². The lowest BCUT2D eigenvalue weighted by Crippen LogP contribution is -2.38. The Morgan fingerprint density at radius 2 is 1.96 bits per heavy atom. The van der Waals surface area contributed by atoms with Gasteiger partial charge in [-0.05, 0) is 43.2 Å². The number of amides is 1. The van der Waals surface area contributed by atoms with Crippen molar-refractivity contribution in [2.45, 2.75) is 12.8 Å². The first-order chi connectivity index (χ1) is 13.7. The number of rotatable bonds is 4. The highest BCUT2D eigenvalue weighted by atomic mass is 35.5. The van der Waals surface area contributed by atoms with Crippen LogP contribution in [0.4, 0.5) is 11.5 Å². The van der Waals surface area contributed by atoms with E-state index in [0.717, 1.165) is 42.7 Å². The Morgan fingerprint density at radius 1 is 1.18 bits per heavy atom. The molecule has 1 aromatic heterocycles. The van der Waals surface area contributed by atoms with Crippen LogP contribution in [0.1, 0.15) is 12.8 Å². The Bertz CT molecular complexity index is 997. The number of methoxy groups -OCH3 is 1. The minimum atomic E-state index is -0.0368. The first-order valence-electron chi connectivity index (χ1n) is 9.25. The molecule has 144 valence electrons. The molecule has 0 spiro atoms. The van der Waals surface area contributed by atoms with Crippen LogP contribution in [-0.4, -0.2) is 36.1 Å². The molecular formula is C21H21ClN4O2. The van der Waals surface area contributed by atoms with Gasteiger partial charge in [0.2, 0.25) is 5.91 Å². The molecule has 1 N–H and O–H groups in total. The largest absolute Gasteiger partial charge is 0.495 e. The van der Waals surface area contributed by atoms with Gasteiger partial charge in [0.25, 0.3) is 0 Å². The molecule has 0 atom stereocenters. The lowest BCUT2D eigenvalue weighted by molar-refractivity contribution is -0.120. The van der Waals surface area contributed by atoms with Crippen molar-refractivity contribution in [3.8, 4) is 5.75 Å². The van der Waals surface area contributed by atoms with E-state index in [2.05, 4.69) is 20.2 Å². The van der Waals surface area contributed by atoms with Gasteiger partial charge >= 0.3 is 0 Å². The topological polar surface area (TPSA) is 67.3 Å². The van der Waals surface area contributed by atoms with E-state index in [1.165, 1.54) is 0 Å². The second-order valence-corrected chi connectivity index (χ2v) is 7.22. The molecule has 0 radical (unpaired) electrons. The fraction of sp³-hybridized carbons (Fsp3) is 0.286. The number of carbonyl (C=O) groups is 1. The van der Waals surface area contributed by atoms with E-state index in [1.54, 1.807) is 31.6 Å². The van der Waals surface area contributed by atoms with Gasteiger partial charge in [0.1, 0.15) is 17.9 Å². The average molecular weight is 397 g/mol. The summed E-state index contributed by atoms with van der Waals surface area (Å²) in [6.07, 6.45) is 3.14. The van der Waals surface area contributed by atoms with Crippen molar-refractivity contribution in [3.05, 3.63) is 53.8 Å². The summed E-state index contributed by atoms with van der Waals surface area (Å²) >= 11 is 6.14. The SMILES string of the molecule is COc1ccc(NC(=O)C2CCN(c3ncnc4ccccc34)CC2)cc1Cl. The molecule has 0 unspecified atom stereocenters. The van der Waals surface area contributed by atoms with E-state index in [1.807, 2.05) is 24.3 Å². The molecule has 6 nitrogen and oxygen atoms in total. The molecule has 1 aliphatic heterocycles. The molecule has 7 heteroatoms. The summed E-state index contributed by atoms with van der Waals surface area (Å²) in [7, 11) is 1.56. The second kappa shape index (κ2) is 8.02. The molecule has 1 saturated heterocycles. The number of halogens is 1. The number of piperidine rings is 1. The fourth-order valence-electron chi connectivity index (χ4n) is 3.58. The van der Waals surface area contributed by atoms with E-state index in [-0.39, 0.29) is 11.8 Å². The molecule has 0 aliphatic carbocycles. The smallest absolute Gasteiger partial charge is 0.227 e. The summed E-state index contributed by atoms with van der Waals surface area (Å²) < 4.78 is 5.15. The minimum absolute atomic E-state index is 0.0217. The van der Waals surface area contributed by atoms with E-state index >= 15 is 0 Å². The fourth-order valence-corrected chi connectivity index (χ4v) is 3.84. The van der Waals surface area contributed by atoms with Crippen LogP contribution < -0.4 is 15.0 Å². The number of carbonyl (C=O) groups excluding carboxylic acids is 1. The lowest BCUT2D eigenvalue weighted by atomic mass is 9.95. The van der Waals surface area contributed by atoms with E-state index < -0.39 is 0 Å². The second-order valence-electron chi connectivity index (χ2n) is 6.81. The highest BCUT2D eigenvalue weighted by Crippen LogP contribution is 2.30.